The van der Waals surface area contributed by atoms with Crippen LogP contribution in [0.25, 0.3) is 17.1 Å². The van der Waals surface area contributed by atoms with Crippen molar-refractivity contribution in [1.29, 1.82) is 0 Å². The van der Waals surface area contributed by atoms with Gasteiger partial charge in [0.2, 0.25) is 5.95 Å². The molecule has 0 aliphatic carbocycles. The molecule has 0 atom stereocenters. The van der Waals surface area contributed by atoms with Gasteiger partial charge < -0.3 is 10.2 Å². The highest BCUT2D eigenvalue weighted by atomic mass is 79.9. The van der Waals surface area contributed by atoms with Crippen LogP contribution in [-0.2, 0) is 0 Å². The second-order valence-electron chi connectivity index (χ2n) is 3.57. The minimum absolute atomic E-state index is 0.317. The number of halogens is 1. The van der Waals surface area contributed by atoms with E-state index in [1.54, 1.807) is 4.40 Å². The third-order valence-corrected chi connectivity index (χ3v) is 3.13. The van der Waals surface area contributed by atoms with Gasteiger partial charge in [-0.25, -0.2) is 4.98 Å². The van der Waals surface area contributed by atoms with E-state index in [1.165, 1.54) is 6.33 Å². The predicted octanol–water partition coefficient (Wildman–Crippen LogP) is 2.04. The Morgan fingerprint density at radius 3 is 2.94 bits per heavy atom. The van der Waals surface area contributed by atoms with Gasteiger partial charge in [-0.3, -0.25) is 4.40 Å². The lowest BCUT2D eigenvalue weighted by Gasteiger charge is -2.04. The minimum atomic E-state index is 0.317. The zero-order valence-corrected chi connectivity index (χ0v) is 10.5. The van der Waals surface area contributed by atoms with Crippen molar-refractivity contribution in [3.05, 3.63) is 28.7 Å². The quantitative estimate of drug-likeness (QED) is 0.742. The molecule has 17 heavy (non-hydrogen) atoms. The molecule has 0 bridgehead atoms. The highest BCUT2D eigenvalue weighted by Gasteiger charge is 2.16. The second kappa shape index (κ2) is 3.56. The molecule has 0 radical (unpaired) electrons. The van der Waals surface area contributed by atoms with Crippen molar-refractivity contribution in [2.45, 2.75) is 6.92 Å². The molecule has 3 heterocycles. The number of anilines is 1. The van der Waals surface area contributed by atoms with Gasteiger partial charge in [0.05, 0.1) is 4.47 Å². The van der Waals surface area contributed by atoms with Crippen LogP contribution in [0.1, 0.15) is 5.76 Å². The Kier molecular flexibility index (Phi) is 2.15. The van der Waals surface area contributed by atoms with E-state index in [0.29, 0.717) is 27.5 Å². The molecule has 0 fully saturated rings. The predicted molar refractivity (Wildman–Crippen MR) is 65.3 cm³/mol. The van der Waals surface area contributed by atoms with Gasteiger partial charge in [0.15, 0.2) is 11.4 Å². The number of rotatable bonds is 1. The number of fused-ring (bicyclic) bond motifs is 1. The molecular weight excluding hydrogens is 286 g/mol. The Bertz CT molecular complexity index is 702. The molecule has 0 unspecified atom stereocenters. The Balaban J connectivity index is 2.33. The van der Waals surface area contributed by atoms with Crippen LogP contribution in [-0.4, -0.2) is 19.6 Å². The van der Waals surface area contributed by atoms with E-state index in [2.05, 4.69) is 31.1 Å². The molecule has 3 aromatic rings. The number of nitrogen functional groups attached to an aromatic ring is 1. The minimum Gasteiger partial charge on any atom is -0.460 e. The van der Waals surface area contributed by atoms with E-state index in [1.807, 2.05) is 19.1 Å². The van der Waals surface area contributed by atoms with Crippen LogP contribution in [0.3, 0.4) is 0 Å². The average Bonchev–Trinajstić information content (AvgIpc) is 2.91. The molecule has 0 saturated heterocycles. The topological polar surface area (TPSA) is 82.2 Å². The van der Waals surface area contributed by atoms with Gasteiger partial charge in [-0.05, 0) is 35.0 Å². The molecule has 2 N–H and O–H groups in total. The summed E-state index contributed by atoms with van der Waals surface area (Å²) in [6, 6.07) is 3.71. The summed E-state index contributed by atoms with van der Waals surface area (Å²) in [6.45, 7) is 1.87. The summed E-state index contributed by atoms with van der Waals surface area (Å²) in [6.07, 6.45) is 1.51. The molecule has 7 heteroatoms. The van der Waals surface area contributed by atoms with Crippen molar-refractivity contribution in [1.82, 2.24) is 19.6 Å². The number of furan rings is 1. The van der Waals surface area contributed by atoms with Gasteiger partial charge in [0, 0.05) is 0 Å². The number of aromatic nitrogens is 4. The molecule has 6 nitrogen and oxygen atoms in total. The van der Waals surface area contributed by atoms with Crippen LogP contribution in [0.2, 0.25) is 0 Å². The Morgan fingerprint density at radius 1 is 1.41 bits per heavy atom. The normalized spacial score (nSPS) is 11.2. The first-order chi connectivity index (χ1) is 8.16. The molecule has 86 valence electrons. The summed E-state index contributed by atoms with van der Waals surface area (Å²) < 4.78 is 7.83. The number of hydrogen-bond donors (Lipinski definition) is 1. The van der Waals surface area contributed by atoms with Crippen molar-refractivity contribution in [3.63, 3.8) is 0 Å². The maximum Gasteiger partial charge on any atom is 0.208 e. The lowest BCUT2D eigenvalue weighted by molar-refractivity contribution is 0.546. The molecule has 0 aliphatic rings. The Labute approximate surface area is 105 Å². The van der Waals surface area contributed by atoms with Crippen molar-refractivity contribution < 1.29 is 4.42 Å². The van der Waals surface area contributed by atoms with E-state index in [0.717, 1.165) is 5.76 Å². The summed E-state index contributed by atoms with van der Waals surface area (Å²) in [4.78, 5) is 4.28. The molecule has 3 aromatic heterocycles. The van der Waals surface area contributed by atoms with Gasteiger partial charge in [-0.2, -0.15) is 0 Å². The van der Waals surface area contributed by atoms with E-state index < -0.39 is 0 Å². The lowest BCUT2D eigenvalue weighted by Crippen LogP contribution is -2.02. The van der Waals surface area contributed by atoms with Crippen molar-refractivity contribution in [3.8, 4) is 11.5 Å². The highest BCUT2D eigenvalue weighted by molar-refractivity contribution is 9.10. The van der Waals surface area contributed by atoms with Gasteiger partial charge in [-0.1, -0.05) is 0 Å². The fourth-order valence-corrected chi connectivity index (χ4v) is 2.16. The number of hydrogen-bond acceptors (Lipinski definition) is 5. The van der Waals surface area contributed by atoms with Crippen LogP contribution in [0.15, 0.2) is 27.3 Å². The summed E-state index contributed by atoms with van der Waals surface area (Å²) in [5.41, 5.74) is 7.06. The monoisotopic (exact) mass is 293 g/mol. The van der Waals surface area contributed by atoms with Crippen LogP contribution in [0.5, 0.6) is 0 Å². The average molecular weight is 294 g/mol. The number of aryl methyl sites for hydroxylation is 1. The molecule has 0 spiro atoms. The molecule has 3 rings (SSSR count). The van der Waals surface area contributed by atoms with Crippen LogP contribution >= 0.6 is 15.9 Å². The second-order valence-corrected chi connectivity index (χ2v) is 4.36. The van der Waals surface area contributed by atoms with E-state index >= 15 is 0 Å². The third kappa shape index (κ3) is 1.50. The zero-order valence-electron chi connectivity index (χ0n) is 8.88. The first-order valence-corrected chi connectivity index (χ1v) is 5.67. The van der Waals surface area contributed by atoms with Crippen LogP contribution in [0.4, 0.5) is 5.95 Å². The highest BCUT2D eigenvalue weighted by Crippen LogP contribution is 2.31. The summed E-state index contributed by atoms with van der Waals surface area (Å²) in [7, 11) is 0. The smallest absolute Gasteiger partial charge is 0.208 e. The molecule has 0 aliphatic heterocycles. The maximum absolute atomic E-state index is 5.82. The van der Waals surface area contributed by atoms with Gasteiger partial charge >= 0.3 is 0 Å². The van der Waals surface area contributed by atoms with Crippen LogP contribution < -0.4 is 5.73 Å². The van der Waals surface area contributed by atoms with Gasteiger partial charge in [-0.15, -0.1) is 10.2 Å². The van der Waals surface area contributed by atoms with E-state index in [9.17, 15) is 0 Å². The first-order valence-electron chi connectivity index (χ1n) is 4.88. The van der Waals surface area contributed by atoms with E-state index in [-0.39, 0.29) is 0 Å². The van der Waals surface area contributed by atoms with Gasteiger partial charge in [0.25, 0.3) is 0 Å². The standard InChI is InChI=1S/C10H8BrN5O/c1-5-2-3-6(17-5)8-7(11)9-15-13-4-16(9)10(12)14-8/h2-4H,1H3,(H2,12,14). The Hall–Kier alpha value is -1.89. The van der Waals surface area contributed by atoms with Crippen molar-refractivity contribution >= 4 is 27.5 Å². The zero-order chi connectivity index (χ0) is 12.0. The maximum atomic E-state index is 5.82. The molecular formula is C10H8BrN5O. The lowest BCUT2D eigenvalue weighted by atomic mass is 10.3. The van der Waals surface area contributed by atoms with Crippen molar-refractivity contribution in [2.75, 3.05) is 5.73 Å². The fourth-order valence-electron chi connectivity index (χ4n) is 1.60. The third-order valence-electron chi connectivity index (χ3n) is 2.40. The summed E-state index contributed by atoms with van der Waals surface area (Å²) in [5, 5.41) is 7.77. The fraction of sp³-hybridized carbons (Fsp3) is 0.100. The molecule has 0 amide bonds. The largest absolute Gasteiger partial charge is 0.460 e. The molecule has 0 aromatic carbocycles. The van der Waals surface area contributed by atoms with E-state index in [4.69, 9.17) is 10.2 Å². The van der Waals surface area contributed by atoms with Crippen LogP contribution in [0, 0.1) is 6.92 Å². The first kappa shape index (κ1) is 10.3. The SMILES string of the molecule is Cc1ccc(-c2nc(N)n3cnnc3c2Br)o1. The van der Waals surface area contributed by atoms with Gasteiger partial charge in [0.1, 0.15) is 17.8 Å². The number of nitrogens with two attached hydrogens (primary N) is 1. The Morgan fingerprint density at radius 2 is 2.24 bits per heavy atom. The number of nitrogens with zero attached hydrogens (tertiary/aromatic N) is 4. The molecule has 0 saturated carbocycles. The summed E-state index contributed by atoms with van der Waals surface area (Å²) >= 11 is 3.44. The van der Waals surface area contributed by atoms with Crippen molar-refractivity contribution in [2.24, 2.45) is 0 Å². The summed E-state index contributed by atoms with van der Waals surface area (Å²) in [5.74, 6) is 1.78.